The summed E-state index contributed by atoms with van der Waals surface area (Å²) in [5.41, 5.74) is 1.62. The minimum atomic E-state index is 0.0307. The predicted molar refractivity (Wildman–Crippen MR) is 79.4 cm³/mol. The molecule has 2 rings (SSSR count). The van der Waals surface area contributed by atoms with E-state index in [0.29, 0.717) is 5.92 Å². The number of hydrogen-bond acceptors (Lipinski definition) is 2. The average Bonchev–Trinajstić information content (AvgIpc) is 2.45. The zero-order chi connectivity index (χ0) is 13.7. The lowest BCUT2D eigenvalue weighted by atomic mass is 9.82. The molecule has 2 atom stereocenters. The number of para-hydroxylation sites is 1. The van der Waals surface area contributed by atoms with Crippen LogP contribution in [0.15, 0.2) is 24.3 Å². The monoisotopic (exact) mass is 260 g/mol. The highest BCUT2D eigenvalue weighted by Gasteiger charge is 2.19. The smallest absolute Gasteiger partial charge is 0.253 e. The zero-order valence-corrected chi connectivity index (χ0v) is 11.9. The van der Waals surface area contributed by atoms with Gasteiger partial charge in [-0.1, -0.05) is 31.9 Å². The van der Waals surface area contributed by atoms with Crippen molar-refractivity contribution in [2.45, 2.75) is 32.6 Å². The Morgan fingerprint density at radius 2 is 2.11 bits per heavy atom. The Bertz CT molecular complexity index is 431. The number of carbonyl (C=O) groups excluding carboxylic acids is 1. The fraction of sp³-hybridized carbons (Fsp3) is 0.562. The van der Waals surface area contributed by atoms with E-state index in [-0.39, 0.29) is 5.91 Å². The van der Waals surface area contributed by atoms with Crippen LogP contribution in [0.1, 0.15) is 43.0 Å². The second-order valence-electron chi connectivity index (χ2n) is 5.64. The first kappa shape index (κ1) is 13.9. The van der Waals surface area contributed by atoms with Crippen LogP contribution in [-0.4, -0.2) is 19.5 Å². The molecule has 2 unspecified atom stereocenters. The number of benzene rings is 1. The quantitative estimate of drug-likeness (QED) is 0.872. The van der Waals surface area contributed by atoms with Crippen molar-refractivity contribution in [2.75, 3.05) is 18.9 Å². The molecule has 19 heavy (non-hydrogen) atoms. The minimum Gasteiger partial charge on any atom is -0.387 e. The third kappa shape index (κ3) is 3.72. The maximum atomic E-state index is 12.2. The Kier molecular flexibility index (Phi) is 4.83. The number of hydrogen-bond donors (Lipinski definition) is 2. The number of amides is 1. The molecule has 0 spiro atoms. The molecule has 104 valence electrons. The summed E-state index contributed by atoms with van der Waals surface area (Å²) in [6, 6.07) is 7.63. The molecule has 2 N–H and O–H groups in total. The Labute approximate surface area is 115 Å². The van der Waals surface area contributed by atoms with Crippen LogP contribution in [0.5, 0.6) is 0 Å². The van der Waals surface area contributed by atoms with E-state index < -0.39 is 0 Å². The molecule has 1 aromatic carbocycles. The van der Waals surface area contributed by atoms with Gasteiger partial charge in [0.25, 0.3) is 5.91 Å². The van der Waals surface area contributed by atoms with Crippen LogP contribution in [0.2, 0.25) is 0 Å². The Hall–Kier alpha value is -1.51. The van der Waals surface area contributed by atoms with Gasteiger partial charge in [0, 0.05) is 19.3 Å². The van der Waals surface area contributed by atoms with Gasteiger partial charge in [-0.15, -0.1) is 0 Å². The van der Waals surface area contributed by atoms with Crippen LogP contribution in [0.25, 0.3) is 0 Å². The maximum Gasteiger partial charge on any atom is 0.253 e. The second-order valence-corrected chi connectivity index (χ2v) is 5.64. The van der Waals surface area contributed by atoms with Gasteiger partial charge in [0.1, 0.15) is 0 Å². The predicted octanol–water partition coefficient (Wildman–Crippen LogP) is 3.28. The molecular weight excluding hydrogens is 236 g/mol. The third-order valence-corrected chi connectivity index (χ3v) is 4.04. The van der Waals surface area contributed by atoms with Gasteiger partial charge in [-0.2, -0.15) is 0 Å². The number of anilines is 1. The molecule has 1 amide bonds. The molecule has 0 aliphatic heterocycles. The van der Waals surface area contributed by atoms with Crippen molar-refractivity contribution in [1.29, 1.82) is 0 Å². The zero-order valence-electron chi connectivity index (χ0n) is 11.9. The summed E-state index contributed by atoms with van der Waals surface area (Å²) in [7, 11) is 1.84. The topological polar surface area (TPSA) is 41.1 Å². The van der Waals surface area contributed by atoms with Gasteiger partial charge in [0.15, 0.2) is 0 Å². The fourth-order valence-electron chi connectivity index (χ4n) is 2.98. The molecule has 1 aromatic rings. The SMILES string of the molecule is CNc1ccccc1C(=O)NCC1CCCC(C)C1. The van der Waals surface area contributed by atoms with Crippen molar-refractivity contribution in [2.24, 2.45) is 11.8 Å². The summed E-state index contributed by atoms with van der Waals surface area (Å²) in [5, 5.41) is 6.15. The van der Waals surface area contributed by atoms with Crippen molar-refractivity contribution in [3.05, 3.63) is 29.8 Å². The first-order valence-electron chi connectivity index (χ1n) is 7.25. The number of rotatable bonds is 4. The van der Waals surface area contributed by atoms with E-state index in [4.69, 9.17) is 0 Å². The van der Waals surface area contributed by atoms with Crippen LogP contribution in [0.4, 0.5) is 5.69 Å². The van der Waals surface area contributed by atoms with Crippen LogP contribution in [0.3, 0.4) is 0 Å². The minimum absolute atomic E-state index is 0.0307. The van der Waals surface area contributed by atoms with Crippen LogP contribution < -0.4 is 10.6 Å². The molecule has 3 nitrogen and oxygen atoms in total. The first-order chi connectivity index (χ1) is 9.20. The Morgan fingerprint density at radius 1 is 1.32 bits per heavy atom. The molecule has 0 heterocycles. The highest BCUT2D eigenvalue weighted by atomic mass is 16.1. The molecule has 1 fully saturated rings. The molecule has 1 saturated carbocycles. The number of nitrogens with one attached hydrogen (secondary N) is 2. The van der Waals surface area contributed by atoms with Crippen LogP contribution in [-0.2, 0) is 0 Å². The van der Waals surface area contributed by atoms with Gasteiger partial charge in [-0.25, -0.2) is 0 Å². The fourth-order valence-corrected chi connectivity index (χ4v) is 2.98. The van der Waals surface area contributed by atoms with Gasteiger partial charge in [-0.3, -0.25) is 4.79 Å². The standard InChI is InChI=1S/C16H24N2O/c1-12-6-5-7-13(10-12)11-18-16(19)14-8-3-4-9-15(14)17-2/h3-4,8-9,12-13,17H,5-7,10-11H2,1-2H3,(H,18,19). The largest absolute Gasteiger partial charge is 0.387 e. The molecule has 1 aliphatic rings. The summed E-state index contributed by atoms with van der Waals surface area (Å²) in [6.45, 7) is 3.12. The van der Waals surface area contributed by atoms with Crippen molar-refractivity contribution in [1.82, 2.24) is 5.32 Å². The second kappa shape index (κ2) is 6.60. The van der Waals surface area contributed by atoms with E-state index in [2.05, 4.69) is 17.6 Å². The average molecular weight is 260 g/mol. The van der Waals surface area contributed by atoms with E-state index in [0.717, 1.165) is 23.7 Å². The van der Waals surface area contributed by atoms with Gasteiger partial charge in [-0.05, 0) is 36.8 Å². The third-order valence-electron chi connectivity index (χ3n) is 4.04. The Morgan fingerprint density at radius 3 is 2.84 bits per heavy atom. The normalized spacial score (nSPS) is 22.8. The molecule has 0 bridgehead atoms. The van der Waals surface area contributed by atoms with E-state index in [1.54, 1.807) is 0 Å². The van der Waals surface area contributed by atoms with E-state index in [1.807, 2.05) is 31.3 Å². The van der Waals surface area contributed by atoms with E-state index in [9.17, 15) is 4.79 Å². The van der Waals surface area contributed by atoms with Gasteiger partial charge >= 0.3 is 0 Å². The van der Waals surface area contributed by atoms with Crippen molar-refractivity contribution in [3.8, 4) is 0 Å². The summed E-state index contributed by atoms with van der Waals surface area (Å²) in [4.78, 5) is 12.2. The molecule has 0 radical (unpaired) electrons. The molecule has 3 heteroatoms. The highest BCUT2D eigenvalue weighted by molar-refractivity contribution is 5.99. The van der Waals surface area contributed by atoms with Crippen molar-refractivity contribution in [3.63, 3.8) is 0 Å². The maximum absolute atomic E-state index is 12.2. The van der Waals surface area contributed by atoms with E-state index in [1.165, 1.54) is 25.7 Å². The first-order valence-corrected chi connectivity index (χ1v) is 7.25. The van der Waals surface area contributed by atoms with Crippen LogP contribution in [0, 0.1) is 11.8 Å². The lowest BCUT2D eigenvalue weighted by molar-refractivity contribution is 0.0941. The van der Waals surface area contributed by atoms with Gasteiger partial charge in [0.05, 0.1) is 5.56 Å². The summed E-state index contributed by atoms with van der Waals surface area (Å²) in [6.07, 6.45) is 5.13. The van der Waals surface area contributed by atoms with Crippen molar-refractivity contribution < 1.29 is 4.79 Å². The Balaban J connectivity index is 1.90. The summed E-state index contributed by atoms with van der Waals surface area (Å²) in [5.74, 6) is 1.48. The summed E-state index contributed by atoms with van der Waals surface area (Å²) < 4.78 is 0. The van der Waals surface area contributed by atoms with E-state index >= 15 is 0 Å². The lowest BCUT2D eigenvalue weighted by Gasteiger charge is -2.26. The van der Waals surface area contributed by atoms with Gasteiger partial charge < -0.3 is 10.6 Å². The highest BCUT2D eigenvalue weighted by Crippen LogP contribution is 2.28. The molecule has 0 aromatic heterocycles. The number of carbonyl (C=O) groups is 1. The molecular formula is C16H24N2O. The molecule has 1 aliphatic carbocycles. The summed E-state index contributed by atoms with van der Waals surface area (Å²) >= 11 is 0. The molecule has 0 saturated heterocycles. The van der Waals surface area contributed by atoms with Crippen molar-refractivity contribution >= 4 is 11.6 Å². The van der Waals surface area contributed by atoms with Gasteiger partial charge in [0.2, 0.25) is 0 Å². The lowest BCUT2D eigenvalue weighted by Crippen LogP contribution is -2.31. The van der Waals surface area contributed by atoms with Crippen LogP contribution >= 0.6 is 0 Å².